The lowest BCUT2D eigenvalue weighted by Gasteiger charge is -2.10. The van der Waals surface area contributed by atoms with Crippen molar-refractivity contribution in [1.29, 1.82) is 0 Å². The Morgan fingerprint density at radius 2 is 1.84 bits per heavy atom. The zero-order chi connectivity index (χ0) is 18.1. The van der Waals surface area contributed by atoms with Crippen LogP contribution in [0.1, 0.15) is 13.8 Å². The Kier molecular flexibility index (Phi) is 7.03. The van der Waals surface area contributed by atoms with Crippen molar-refractivity contribution in [1.82, 2.24) is 4.98 Å². The van der Waals surface area contributed by atoms with Crippen LogP contribution in [0.2, 0.25) is 0 Å². The minimum absolute atomic E-state index is 0.101. The third-order valence-electron chi connectivity index (χ3n) is 3.13. The predicted molar refractivity (Wildman–Crippen MR) is 96.1 cm³/mol. The second-order valence-corrected chi connectivity index (χ2v) is 5.40. The quantitative estimate of drug-likeness (QED) is 0.646. The van der Waals surface area contributed by atoms with E-state index in [1.807, 2.05) is 6.92 Å². The van der Waals surface area contributed by atoms with Gasteiger partial charge in [0, 0.05) is 6.54 Å². The van der Waals surface area contributed by atoms with Gasteiger partial charge in [-0.15, -0.1) is 0 Å². The Bertz CT molecular complexity index is 657. The van der Waals surface area contributed by atoms with E-state index in [1.165, 1.54) is 0 Å². The molecule has 1 aromatic carbocycles. The maximum Gasteiger partial charge on any atom is 0.262 e. The van der Waals surface area contributed by atoms with Gasteiger partial charge in [0.1, 0.15) is 17.3 Å². The molecule has 0 aliphatic carbocycles. The first kappa shape index (κ1) is 18.5. The van der Waals surface area contributed by atoms with Crippen molar-refractivity contribution in [2.24, 2.45) is 0 Å². The van der Waals surface area contributed by atoms with Crippen LogP contribution in [0.4, 0.5) is 11.5 Å². The second-order valence-electron chi connectivity index (χ2n) is 5.40. The van der Waals surface area contributed by atoms with Crippen molar-refractivity contribution in [3.8, 4) is 11.5 Å². The molecule has 0 aliphatic rings. The van der Waals surface area contributed by atoms with Gasteiger partial charge in [-0.2, -0.15) is 0 Å². The third-order valence-corrected chi connectivity index (χ3v) is 3.13. The number of rotatable bonds is 9. The van der Waals surface area contributed by atoms with Gasteiger partial charge >= 0.3 is 0 Å². The number of benzene rings is 1. The zero-order valence-electron chi connectivity index (χ0n) is 14.4. The highest BCUT2D eigenvalue weighted by molar-refractivity contribution is 5.91. The monoisotopic (exact) mass is 345 g/mol. The molecule has 2 aromatic rings. The highest BCUT2D eigenvalue weighted by Gasteiger charge is 2.05. The van der Waals surface area contributed by atoms with E-state index < -0.39 is 6.10 Å². The van der Waals surface area contributed by atoms with Crippen molar-refractivity contribution >= 4 is 17.4 Å². The van der Waals surface area contributed by atoms with Crippen LogP contribution in [0.25, 0.3) is 0 Å². The zero-order valence-corrected chi connectivity index (χ0v) is 14.4. The largest absolute Gasteiger partial charge is 0.494 e. The topological polar surface area (TPSA) is 92.7 Å². The van der Waals surface area contributed by atoms with Crippen molar-refractivity contribution in [2.45, 2.75) is 20.0 Å². The maximum atomic E-state index is 11.9. The molecule has 3 N–H and O–H groups in total. The summed E-state index contributed by atoms with van der Waals surface area (Å²) in [6, 6.07) is 10.5. The van der Waals surface area contributed by atoms with E-state index >= 15 is 0 Å². The number of nitrogens with one attached hydrogen (secondary N) is 2. The van der Waals surface area contributed by atoms with Crippen molar-refractivity contribution in [2.75, 3.05) is 30.4 Å². The van der Waals surface area contributed by atoms with E-state index in [2.05, 4.69) is 15.6 Å². The minimum Gasteiger partial charge on any atom is -0.494 e. The number of ether oxygens (including phenoxy) is 2. The van der Waals surface area contributed by atoms with Crippen LogP contribution in [0.15, 0.2) is 42.6 Å². The normalized spacial score (nSPS) is 11.5. The number of hydrogen-bond acceptors (Lipinski definition) is 6. The van der Waals surface area contributed by atoms with E-state index in [0.717, 1.165) is 5.75 Å². The van der Waals surface area contributed by atoms with Crippen molar-refractivity contribution < 1.29 is 19.4 Å². The summed E-state index contributed by atoms with van der Waals surface area (Å²) >= 11 is 0. The lowest BCUT2D eigenvalue weighted by Crippen LogP contribution is -2.20. The molecular weight excluding hydrogens is 322 g/mol. The highest BCUT2D eigenvalue weighted by atomic mass is 16.5. The number of carbonyl (C=O) groups is 1. The molecule has 25 heavy (non-hydrogen) atoms. The van der Waals surface area contributed by atoms with Crippen LogP contribution in [0, 0.1) is 0 Å². The van der Waals surface area contributed by atoms with Crippen LogP contribution in [0.3, 0.4) is 0 Å². The maximum absolute atomic E-state index is 11.9. The van der Waals surface area contributed by atoms with E-state index in [1.54, 1.807) is 49.5 Å². The summed E-state index contributed by atoms with van der Waals surface area (Å²) in [6.07, 6.45) is 1.08. The average Bonchev–Trinajstić information content (AvgIpc) is 2.61. The molecule has 7 nitrogen and oxygen atoms in total. The van der Waals surface area contributed by atoms with Gasteiger partial charge in [-0.25, -0.2) is 4.98 Å². The fourth-order valence-electron chi connectivity index (χ4n) is 1.97. The summed E-state index contributed by atoms with van der Waals surface area (Å²) < 4.78 is 10.8. The molecular formula is C18H23N3O4. The molecule has 1 amide bonds. The second kappa shape index (κ2) is 9.48. The van der Waals surface area contributed by atoms with Crippen LogP contribution in [0.5, 0.6) is 11.5 Å². The summed E-state index contributed by atoms with van der Waals surface area (Å²) in [6.45, 7) is 4.51. The number of amides is 1. The van der Waals surface area contributed by atoms with Gasteiger partial charge in [0.15, 0.2) is 6.61 Å². The summed E-state index contributed by atoms with van der Waals surface area (Å²) in [4.78, 5) is 16.1. The van der Waals surface area contributed by atoms with Crippen LogP contribution < -0.4 is 20.1 Å². The molecule has 0 aliphatic heterocycles. The molecule has 0 radical (unpaired) electrons. The number of aliphatic hydroxyl groups is 1. The fourth-order valence-corrected chi connectivity index (χ4v) is 1.97. The minimum atomic E-state index is -0.457. The van der Waals surface area contributed by atoms with Crippen LogP contribution in [-0.4, -0.2) is 41.9 Å². The number of pyridine rings is 1. The first-order valence-corrected chi connectivity index (χ1v) is 8.10. The van der Waals surface area contributed by atoms with E-state index in [9.17, 15) is 9.90 Å². The van der Waals surface area contributed by atoms with Gasteiger partial charge in [-0.1, -0.05) is 0 Å². The van der Waals surface area contributed by atoms with Gasteiger partial charge in [-0.05, 0) is 50.2 Å². The number of nitrogens with zero attached hydrogens (tertiary/aromatic N) is 1. The molecule has 0 fully saturated rings. The van der Waals surface area contributed by atoms with E-state index in [0.29, 0.717) is 30.4 Å². The molecule has 0 saturated carbocycles. The Morgan fingerprint density at radius 3 is 2.40 bits per heavy atom. The molecule has 1 unspecified atom stereocenters. The first-order valence-electron chi connectivity index (χ1n) is 8.10. The molecule has 1 heterocycles. The number of aliphatic hydroxyl groups excluding tert-OH is 1. The van der Waals surface area contributed by atoms with Gasteiger partial charge in [0.2, 0.25) is 0 Å². The molecule has 134 valence electrons. The average molecular weight is 345 g/mol. The molecule has 7 heteroatoms. The standard InChI is InChI=1S/C18H23N3O4/c1-3-24-15-5-7-16(8-6-15)25-12-18(23)21-14-4-9-17(20-11-14)19-10-13(2)22/h4-9,11,13,22H,3,10,12H2,1-2H3,(H,19,20)(H,21,23). The molecule has 0 spiro atoms. The first-order chi connectivity index (χ1) is 12.1. The molecule has 1 aromatic heterocycles. The van der Waals surface area contributed by atoms with E-state index in [4.69, 9.17) is 9.47 Å². The lowest BCUT2D eigenvalue weighted by molar-refractivity contribution is -0.118. The van der Waals surface area contributed by atoms with Crippen molar-refractivity contribution in [3.63, 3.8) is 0 Å². The predicted octanol–water partition coefficient (Wildman–Crippen LogP) is 2.29. The Morgan fingerprint density at radius 1 is 1.16 bits per heavy atom. The molecule has 0 saturated heterocycles. The smallest absolute Gasteiger partial charge is 0.262 e. The van der Waals surface area contributed by atoms with Gasteiger partial charge in [0.25, 0.3) is 5.91 Å². The van der Waals surface area contributed by atoms with Gasteiger partial charge in [-0.3, -0.25) is 4.79 Å². The van der Waals surface area contributed by atoms with Gasteiger partial charge in [0.05, 0.1) is 24.6 Å². The molecule has 1 atom stereocenters. The lowest BCUT2D eigenvalue weighted by atomic mass is 10.3. The third kappa shape index (κ3) is 6.68. The number of hydrogen-bond donors (Lipinski definition) is 3. The number of aromatic nitrogens is 1. The summed E-state index contributed by atoms with van der Waals surface area (Å²) in [5.74, 6) is 1.70. The number of carbonyl (C=O) groups excluding carboxylic acids is 1. The van der Waals surface area contributed by atoms with E-state index in [-0.39, 0.29) is 12.5 Å². The summed E-state index contributed by atoms with van der Waals surface area (Å²) in [5, 5.41) is 14.9. The number of anilines is 2. The molecule has 0 bridgehead atoms. The van der Waals surface area contributed by atoms with Crippen LogP contribution in [-0.2, 0) is 4.79 Å². The SMILES string of the molecule is CCOc1ccc(OCC(=O)Nc2ccc(NCC(C)O)nc2)cc1. The fraction of sp³-hybridized carbons (Fsp3) is 0.333. The Hall–Kier alpha value is -2.80. The Labute approximate surface area is 147 Å². The Balaban J connectivity index is 1.77. The van der Waals surface area contributed by atoms with Crippen LogP contribution >= 0.6 is 0 Å². The summed E-state index contributed by atoms with van der Waals surface area (Å²) in [5.41, 5.74) is 0.572. The van der Waals surface area contributed by atoms with Gasteiger partial charge < -0.3 is 25.2 Å². The summed E-state index contributed by atoms with van der Waals surface area (Å²) in [7, 11) is 0. The highest BCUT2D eigenvalue weighted by Crippen LogP contribution is 2.17. The molecule has 2 rings (SSSR count). The van der Waals surface area contributed by atoms with Crippen molar-refractivity contribution in [3.05, 3.63) is 42.6 Å².